The van der Waals surface area contributed by atoms with Gasteiger partial charge >= 0.3 is 0 Å². The van der Waals surface area contributed by atoms with E-state index in [1.807, 2.05) is 18.2 Å². The Hall–Kier alpha value is -1.30. The number of morpholine rings is 1. The standard InChI is InChI=1S/C16H20ClN3O2/c17-12-1-2-14-15(11-12)22-16(18-14)20-5-3-13(4-6-20)19-7-9-21-10-8-19/h1-2,11,13H,3-10H2. The van der Waals surface area contributed by atoms with Gasteiger partial charge in [-0.2, -0.15) is 4.98 Å². The molecule has 118 valence electrons. The van der Waals surface area contributed by atoms with Gasteiger partial charge in [-0.3, -0.25) is 4.90 Å². The number of anilines is 1. The predicted octanol–water partition coefficient (Wildman–Crippen LogP) is 2.78. The lowest BCUT2D eigenvalue weighted by Gasteiger charge is -2.39. The number of rotatable bonds is 2. The topological polar surface area (TPSA) is 41.7 Å². The summed E-state index contributed by atoms with van der Waals surface area (Å²) in [6, 6.07) is 6.97. The highest BCUT2D eigenvalue weighted by Crippen LogP contribution is 2.27. The number of hydrogen-bond donors (Lipinski definition) is 0. The first-order valence-electron chi connectivity index (χ1n) is 7.92. The lowest BCUT2D eigenvalue weighted by atomic mass is 10.0. The minimum absolute atomic E-state index is 0.666. The highest BCUT2D eigenvalue weighted by Gasteiger charge is 2.27. The second-order valence-electron chi connectivity index (χ2n) is 5.98. The molecule has 3 heterocycles. The molecule has 2 aliphatic rings. The van der Waals surface area contributed by atoms with Crippen LogP contribution in [0.15, 0.2) is 22.6 Å². The lowest BCUT2D eigenvalue weighted by Crippen LogP contribution is -2.49. The third kappa shape index (κ3) is 2.81. The number of ether oxygens (including phenoxy) is 1. The monoisotopic (exact) mass is 321 g/mol. The number of halogens is 1. The van der Waals surface area contributed by atoms with Gasteiger partial charge in [0.2, 0.25) is 0 Å². The van der Waals surface area contributed by atoms with Gasteiger partial charge in [-0.25, -0.2) is 0 Å². The Balaban J connectivity index is 1.43. The molecule has 1 aromatic heterocycles. The first-order chi connectivity index (χ1) is 10.8. The molecule has 0 N–H and O–H groups in total. The fourth-order valence-corrected chi connectivity index (χ4v) is 3.55. The number of aromatic nitrogens is 1. The normalized spacial score (nSPS) is 21.6. The van der Waals surface area contributed by atoms with Crippen molar-refractivity contribution in [1.82, 2.24) is 9.88 Å². The van der Waals surface area contributed by atoms with E-state index >= 15 is 0 Å². The third-order valence-corrected chi connectivity index (χ3v) is 4.87. The van der Waals surface area contributed by atoms with E-state index in [1.165, 1.54) is 0 Å². The maximum Gasteiger partial charge on any atom is 0.298 e. The molecule has 0 saturated carbocycles. The molecule has 4 rings (SSSR count). The number of hydrogen-bond acceptors (Lipinski definition) is 5. The zero-order valence-electron chi connectivity index (χ0n) is 12.5. The van der Waals surface area contributed by atoms with Crippen molar-refractivity contribution in [3.8, 4) is 0 Å². The maximum atomic E-state index is 6.00. The van der Waals surface area contributed by atoms with Crippen molar-refractivity contribution in [2.75, 3.05) is 44.3 Å². The van der Waals surface area contributed by atoms with Gasteiger partial charge in [-0.15, -0.1) is 0 Å². The fraction of sp³-hybridized carbons (Fsp3) is 0.562. The molecule has 6 heteroatoms. The Bertz CT molecular complexity index is 646. The van der Waals surface area contributed by atoms with Crippen LogP contribution < -0.4 is 4.90 Å². The quantitative estimate of drug-likeness (QED) is 0.851. The van der Waals surface area contributed by atoms with E-state index in [9.17, 15) is 0 Å². The van der Waals surface area contributed by atoms with E-state index in [-0.39, 0.29) is 0 Å². The number of nitrogens with zero attached hydrogens (tertiary/aromatic N) is 3. The molecule has 2 saturated heterocycles. The molecule has 22 heavy (non-hydrogen) atoms. The van der Waals surface area contributed by atoms with Gasteiger partial charge < -0.3 is 14.1 Å². The second kappa shape index (κ2) is 6.07. The molecule has 0 spiro atoms. The average Bonchev–Trinajstić information content (AvgIpc) is 2.99. The number of oxazole rings is 1. The summed E-state index contributed by atoms with van der Waals surface area (Å²) >= 11 is 6.00. The zero-order chi connectivity index (χ0) is 14.9. The highest BCUT2D eigenvalue weighted by atomic mass is 35.5. The van der Waals surface area contributed by atoms with Gasteiger partial charge in [0.05, 0.1) is 13.2 Å². The number of piperidine rings is 1. The Kier molecular flexibility index (Phi) is 3.94. The Morgan fingerprint density at radius 2 is 1.86 bits per heavy atom. The van der Waals surface area contributed by atoms with Gasteiger partial charge in [0, 0.05) is 43.3 Å². The first-order valence-corrected chi connectivity index (χ1v) is 8.30. The van der Waals surface area contributed by atoms with E-state index < -0.39 is 0 Å². The summed E-state index contributed by atoms with van der Waals surface area (Å²) in [5.74, 6) is 0. The summed E-state index contributed by atoms with van der Waals surface area (Å²) in [5.41, 5.74) is 1.63. The molecule has 0 atom stereocenters. The van der Waals surface area contributed by atoms with E-state index in [1.54, 1.807) is 0 Å². The average molecular weight is 322 g/mol. The molecule has 0 radical (unpaired) electrons. The van der Waals surface area contributed by atoms with Crippen LogP contribution in [0.3, 0.4) is 0 Å². The van der Waals surface area contributed by atoms with Gasteiger partial charge in [0.15, 0.2) is 5.58 Å². The van der Waals surface area contributed by atoms with Crippen LogP contribution in [-0.2, 0) is 4.74 Å². The molecule has 0 amide bonds. The Morgan fingerprint density at radius 3 is 2.64 bits per heavy atom. The molecule has 2 aromatic rings. The third-order valence-electron chi connectivity index (χ3n) is 4.64. The Labute approximate surface area is 134 Å². The predicted molar refractivity (Wildman–Crippen MR) is 86.6 cm³/mol. The summed E-state index contributed by atoms with van der Waals surface area (Å²) in [7, 11) is 0. The van der Waals surface area contributed by atoms with Crippen LogP contribution >= 0.6 is 11.6 Å². The summed E-state index contributed by atoms with van der Waals surface area (Å²) in [4.78, 5) is 9.39. The minimum atomic E-state index is 0.666. The second-order valence-corrected chi connectivity index (χ2v) is 6.41. The minimum Gasteiger partial charge on any atom is -0.423 e. The first kappa shape index (κ1) is 14.3. The van der Waals surface area contributed by atoms with Crippen LogP contribution in [0.5, 0.6) is 0 Å². The largest absolute Gasteiger partial charge is 0.423 e. The van der Waals surface area contributed by atoms with Crippen LogP contribution in [0.25, 0.3) is 11.1 Å². The summed E-state index contributed by atoms with van der Waals surface area (Å²) in [5, 5.41) is 0.682. The van der Waals surface area contributed by atoms with Gasteiger partial charge in [0.1, 0.15) is 5.52 Å². The van der Waals surface area contributed by atoms with Gasteiger partial charge in [-0.05, 0) is 25.0 Å². The molecule has 0 unspecified atom stereocenters. The van der Waals surface area contributed by atoms with E-state index in [0.717, 1.165) is 69.3 Å². The highest BCUT2D eigenvalue weighted by molar-refractivity contribution is 6.31. The van der Waals surface area contributed by atoms with Gasteiger partial charge in [0.25, 0.3) is 6.01 Å². The molecule has 5 nitrogen and oxygen atoms in total. The van der Waals surface area contributed by atoms with E-state index in [0.29, 0.717) is 11.1 Å². The van der Waals surface area contributed by atoms with Crippen LogP contribution in [-0.4, -0.2) is 55.3 Å². The van der Waals surface area contributed by atoms with Crippen molar-refractivity contribution in [3.63, 3.8) is 0 Å². The zero-order valence-corrected chi connectivity index (χ0v) is 13.3. The molecule has 1 aromatic carbocycles. The van der Waals surface area contributed by atoms with Crippen LogP contribution in [0.2, 0.25) is 5.02 Å². The summed E-state index contributed by atoms with van der Waals surface area (Å²) < 4.78 is 11.3. The van der Waals surface area contributed by atoms with Crippen LogP contribution in [0.1, 0.15) is 12.8 Å². The molecule has 0 bridgehead atoms. The van der Waals surface area contributed by atoms with Crippen molar-refractivity contribution < 1.29 is 9.15 Å². The van der Waals surface area contributed by atoms with Crippen LogP contribution in [0, 0.1) is 0 Å². The molecular weight excluding hydrogens is 302 g/mol. The maximum absolute atomic E-state index is 6.00. The van der Waals surface area contributed by atoms with Gasteiger partial charge in [-0.1, -0.05) is 11.6 Å². The smallest absolute Gasteiger partial charge is 0.298 e. The van der Waals surface area contributed by atoms with E-state index in [4.69, 9.17) is 20.8 Å². The molecule has 0 aliphatic carbocycles. The molecule has 2 fully saturated rings. The lowest BCUT2D eigenvalue weighted by molar-refractivity contribution is 0.0113. The molecular formula is C16H20ClN3O2. The Morgan fingerprint density at radius 1 is 1.09 bits per heavy atom. The summed E-state index contributed by atoms with van der Waals surface area (Å²) in [6.45, 7) is 5.83. The SMILES string of the molecule is Clc1ccc2nc(N3CCC(N4CCOCC4)CC3)oc2c1. The summed E-state index contributed by atoms with van der Waals surface area (Å²) in [6.07, 6.45) is 2.30. The van der Waals surface area contributed by atoms with Crippen molar-refractivity contribution in [2.24, 2.45) is 0 Å². The number of benzene rings is 1. The van der Waals surface area contributed by atoms with Crippen molar-refractivity contribution in [2.45, 2.75) is 18.9 Å². The van der Waals surface area contributed by atoms with Crippen molar-refractivity contribution >= 4 is 28.7 Å². The van der Waals surface area contributed by atoms with Crippen molar-refractivity contribution in [1.29, 1.82) is 0 Å². The fourth-order valence-electron chi connectivity index (χ4n) is 3.39. The molecule has 2 aliphatic heterocycles. The van der Waals surface area contributed by atoms with E-state index in [2.05, 4.69) is 14.8 Å². The number of fused-ring (bicyclic) bond motifs is 1. The van der Waals surface area contributed by atoms with Crippen LogP contribution in [0.4, 0.5) is 6.01 Å². The van der Waals surface area contributed by atoms with Crippen molar-refractivity contribution in [3.05, 3.63) is 23.2 Å².